The van der Waals surface area contributed by atoms with Crippen LogP contribution in [-0.2, 0) is 33.4 Å². The van der Waals surface area contributed by atoms with E-state index in [4.69, 9.17) is 35.0 Å². The van der Waals surface area contributed by atoms with E-state index in [0.29, 0.717) is 48.8 Å². The fourth-order valence-corrected chi connectivity index (χ4v) is 5.91. The number of ether oxygens (including phenoxy) is 2. The molecule has 3 rings (SSSR count). The van der Waals surface area contributed by atoms with Crippen molar-refractivity contribution in [1.82, 2.24) is 19.5 Å². The molecule has 0 saturated heterocycles. The van der Waals surface area contributed by atoms with Gasteiger partial charge in [-0.05, 0) is 18.4 Å². The molecule has 0 bridgehead atoms. The molecule has 10 nitrogen and oxygen atoms in total. The molecule has 0 atom stereocenters. The number of fused-ring (bicyclic) bond motifs is 1. The van der Waals surface area contributed by atoms with Gasteiger partial charge in [-0.25, -0.2) is 15.0 Å². The Hall–Kier alpha value is -2.36. The third-order valence-electron chi connectivity index (χ3n) is 8.00. The highest BCUT2D eigenvalue weighted by Crippen LogP contribution is 2.33. The van der Waals surface area contributed by atoms with Gasteiger partial charge in [0.2, 0.25) is 0 Å². The monoisotopic (exact) mass is 645 g/mol. The first-order chi connectivity index (χ1) is 21.9. The maximum Gasteiger partial charge on any atom is 0.350 e. The van der Waals surface area contributed by atoms with Gasteiger partial charge in [-0.15, -0.1) is 0 Å². The Morgan fingerprint density at radius 3 is 1.98 bits per heavy atom. The number of anilines is 1. The SMILES string of the molecule is CCCCCCCCCCCCCCCCOCCCc1nc(N)c2nc(Cc3ccccc3)n(CCOCP(=O)(O)O)c2n1. The van der Waals surface area contributed by atoms with Crippen molar-refractivity contribution in [2.75, 3.05) is 31.9 Å². The average Bonchev–Trinajstić information content (AvgIpc) is 3.35. The molecule has 0 aliphatic heterocycles. The number of aromatic nitrogens is 4. The molecule has 0 amide bonds. The average molecular weight is 646 g/mol. The molecule has 1 aromatic carbocycles. The molecule has 2 heterocycles. The molecule has 0 fully saturated rings. The number of aryl methyl sites for hydroxylation is 1. The molecule has 252 valence electrons. The first-order valence-electron chi connectivity index (χ1n) is 17.1. The number of imidazole rings is 1. The van der Waals surface area contributed by atoms with Gasteiger partial charge in [-0.2, -0.15) is 0 Å². The van der Waals surface area contributed by atoms with Gasteiger partial charge >= 0.3 is 7.60 Å². The Kier molecular flexibility index (Phi) is 17.7. The topological polar surface area (TPSA) is 146 Å². The molecule has 0 saturated carbocycles. The van der Waals surface area contributed by atoms with Gasteiger partial charge < -0.3 is 29.6 Å². The van der Waals surface area contributed by atoms with Crippen molar-refractivity contribution in [3.63, 3.8) is 0 Å². The summed E-state index contributed by atoms with van der Waals surface area (Å²) >= 11 is 0. The first kappa shape index (κ1) is 37.1. The minimum atomic E-state index is -4.25. The van der Waals surface area contributed by atoms with E-state index in [-0.39, 0.29) is 6.61 Å². The first-order valence-corrected chi connectivity index (χ1v) is 18.9. The van der Waals surface area contributed by atoms with Crippen molar-refractivity contribution in [2.24, 2.45) is 0 Å². The predicted molar refractivity (Wildman–Crippen MR) is 181 cm³/mol. The highest BCUT2D eigenvalue weighted by atomic mass is 31.2. The summed E-state index contributed by atoms with van der Waals surface area (Å²) in [5.74, 6) is 1.69. The van der Waals surface area contributed by atoms with Crippen molar-refractivity contribution in [1.29, 1.82) is 0 Å². The van der Waals surface area contributed by atoms with E-state index in [1.807, 2.05) is 34.9 Å². The van der Waals surface area contributed by atoms with Crippen LogP contribution < -0.4 is 5.73 Å². The molecule has 0 radical (unpaired) electrons. The Morgan fingerprint density at radius 2 is 1.36 bits per heavy atom. The summed E-state index contributed by atoms with van der Waals surface area (Å²) in [7, 11) is -4.25. The Labute approximate surface area is 269 Å². The number of unbranched alkanes of at least 4 members (excludes halogenated alkanes) is 13. The van der Waals surface area contributed by atoms with E-state index in [2.05, 4.69) is 11.9 Å². The minimum Gasteiger partial charge on any atom is -0.382 e. The van der Waals surface area contributed by atoms with Crippen LogP contribution in [0.2, 0.25) is 0 Å². The predicted octanol–water partition coefficient (Wildman–Crippen LogP) is 7.58. The lowest BCUT2D eigenvalue weighted by atomic mass is 10.0. The van der Waals surface area contributed by atoms with Gasteiger partial charge in [0.25, 0.3) is 0 Å². The number of nitrogens with zero attached hydrogens (tertiary/aromatic N) is 4. The summed E-state index contributed by atoms with van der Waals surface area (Å²) in [6, 6.07) is 9.94. The number of nitrogens with two attached hydrogens (primary N) is 1. The Balaban J connectivity index is 1.36. The summed E-state index contributed by atoms with van der Waals surface area (Å²) < 4.78 is 24.3. The highest BCUT2D eigenvalue weighted by Gasteiger charge is 2.18. The van der Waals surface area contributed by atoms with Crippen LogP contribution in [-0.4, -0.2) is 55.5 Å². The van der Waals surface area contributed by atoms with Crippen molar-refractivity contribution in [3.8, 4) is 0 Å². The van der Waals surface area contributed by atoms with Gasteiger partial charge in [-0.3, -0.25) is 4.57 Å². The molecule has 0 aliphatic carbocycles. The van der Waals surface area contributed by atoms with Crippen LogP contribution in [0.1, 0.15) is 120 Å². The largest absolute Gasteiger partial charge is 0.382 e. The molecular weight excluding hydrogens is 589 g/mol. The zero-order chi connectivity index (χ0) is 32.2. The zero-order valence-corrected chi connectivity index (χ0v) is 28.3. The van der Waals surface area contributed by atoms with Crippen LogP contribution in [0.3, 0.4) is 0 Å². The normalized spacial score (nSPS) is 12.0. The van der Waals surface area contributed by atoms with Crippen molar-refractivity contribution in [3.05, 3.63) is 47.5 Å². The summed E-state index contributed by atoms with van der Waals surface area (Å²) in [5, 5.41) is 0. The molecule has 0 aliphatic rings. The molecule has 2 aromatic heterocycles. The smallest absolute Gasteiger partial charge is 0.350 e. The second-order valence-corrected chi connectivity index (χ2v) is 13.6. The molecule has 0 spiro atoms. The molecule has 4 N–H and O–H groups in total. The van der Waals surface area contributed by atoms with E-state index >= 15 is 0 Å². The van der Waals surface area contributed by atoms with Crippen molar-refractivity contribution >= 4 is 24.6 Å². The maximum absolute atomic E-state index is 11.2. The fourth-order valence-electron chi connectivity index (χ4n) is 5.55. The lowest BCUT2D eigenvalue weighted by Crippen LogP contribution is -2.12. The lowest BCUT2D eigenvalue weighted by Gasteiger charge is -2.11. The van der Waals surface area contributed by atoms with Gasteiger partial charge in [0, 0.05) is 32.6 Å². The van der Waals surface area contributed by atoms with E-state index in [0.717, 1.165) is 30.8 Å². The summed E-state index contributed by atoms with van der Waals surface area (Å²) in [6.45, 7) is 4.13. The Morgan fingerprint density at radius 1 is 0.756 bits per heavy atom. The lowest BCUT2D eigenvalue weighted by molar-refractivity contribution is 0.127. The summed E-state index contributed by atoms with van der Waals surface area (Å²) in [4.78, 5) is 32.3. The molecule has 0 unspecified atom stereocenters. The van der Waals surface area contributed by atoms with Crippen LogP contribution in [0.5, 0.6) is 0 Å². The van der Waals surface area contributed by atoms with Crippen LogP contribution in [0.25, 0.3) is 11.2 Å². The number of hydrogen-bond acceptors (Lipinski definition) is 7. The fraction of sp³-hybridized carbons (Fsp3) is 0.676. The maximum atomic E-state index is 11.2. The van der Waals surface area contributed by atoms with Crippen molar-refractivity contribution in [2.45, 2.75) is 123 Å². The zero-order valence-electron chi connectivity index (χ0n) is 27.4. The van der Waals surface area contributed by atoms with Crippen LogP contribution in [0.4, 0.5) is 5.82 Å². The van der Waals surface area contributed by atoms with Crippen LogP contribution in [0.15, 0.2) is 30.3 Å². The number of benzene rings is 1. The third-order valence-corrected chi connectivity index (χ3v) is 8.52. The third kappa shape index (κ3) is 15.2. The van der Waals surface area contributed by atoms with Gasteiger partial charge in [0.05, 0.1) is 6.61 Å². The van der Waals surface area contributed by atoms with Crippen LogP contribution in [0, 0.1) is 0 Å². The number of rotatable bonds is 26. The van der Waals surface area contributed by atoms with Crippen molar-refractivity contribution < 1.29 is 23.8 Å². The quantitative estimate of drug-likeness (QED) is 0.0594. The highest BCUT2D eigenvalue weighted by molar-refractivity contribution is 7.51. The van der Waals surface area contributed by atoms with Gasteiger partial charge in [0.1, 0.15) is 18.0 Å². The summed E-state index contributed by atoms with van der Waals surface area (Å²) in [5.41, 5.74) is 8.52. The Bertz CT molecular complexity index is 1270. The van der Waals surface area contributed by atoms with E-state index in [1.54, 1.807) is 0 Å². The number of nitrogen functional groups attached to an aromatic ring is 1. The molecular formula is C34H56N5O5P. The minimum absolute atomic E-state index is 0.102. The molecule has 11 heteroatoms. The van der Waals surface area contributed by atoms with Crippen LogP contribution >= 0.6 is 7.60 Å². The number of hydrogen-bond donors (Lipinski definition) is 3. The molecule has 45 heavy (non-hydrogen) atoms. The standard InChI is InChI=1S/C34H56N5O5P/c1-2-3-4-5-6-7-8-9-10-11-12-13-14-18-24-43-25-19-22-30-36-33(35)32-34(37-30)39(23-26-44-28-45(40,41)42)31(38-32)27-29-20-16-15-17-21-29/h15-17,20-21H,2-14,18-19,22-28H2,1H3,(H2,35,36,37)(H2,40,41,42). The second-order valence-electron chi connectivity index (χ2n) is 12.1. The second kappa shape index (κ2) is 21.4. The van der Waals surface area contributed by atoms with E-state index < -0.39 is 13.9 Å². The summed E-state index contributed by atoms with van der Waals surface area (Å²) in [6.07, 6.45) is 20.2. The van der Waals surface area contributed by atoms with E-state index in [9.17, 15) is 4.57 Å². The van der Waals surface area contributed by atoms with Gasteiger partial charge in [-0.1, -0.05) is 121 Å². The van der Waals surface area contributed by atoms with E-state index in [1.165, 1.54) is 83.5 Å². The van der Waals surface area contributed by atoms with Gasteiger partial charge in [0.15, 0.2) is 17.0 Å². The molecule has 3 aromatic rings.